The van der Waals surface area contributed by atoms with E-state index in [1.165, 1.54) is 51.5 Å². The molecule has 0 saturated heterocycles. The molecule has 0 aromatic carbocycles. The molecule has 0 aromatic rings. The standard InChI is InChI=1S/C17H36N2/c1-6-16-9-11-17(12-10-16)19(5)15(4)8-7-13-18-14(2)3/h14-18H,6-13H2,1-5H3. The molecule has 0 spiro atoms. The first kappa shape index (κ1) is 17.0. The summed E-state index contributed by atoms with van der Waals surface area (Å²) in [6.07, 6.45) is 9.75. The molecule has 0 bridgehead atoms. The normalized spacial score (nSPS) is 26.1. The van der Waals surface area contributed by atoms with Crippen LogP contribution < -0.4 is 5.32 Å². The average Bonchev–Trinajstić information content (AvgIpc) is 2.42. The van der Waals surface area contributed by atoms with E-state index in [9.17, 15) is 0 Å². The highest BCUT2D eigenvalue weighted by molar-refractivity contribution is 4.80. The minimum atomic E-state index is 0.623. The Morgan fingerprint density at radius 1 is 1.11 bits per heavy atom. The van der Waals surface area contributed by atoms with Crippen LogP contribution in [0.3, 0.4) is 0 Å². The summed E-state index contributed by atoms with van der Waals surface area (Å²) in [5.74, 6) is 1.01. The maximum Gasteiger partial charge on any atom is 0.00952 e. The Morgan fingerprint density at radius 3 is 2.26 bits per heavy atom. The van der Waals surface area contributed by atoms with Crippen molar-refractivity contribution in [3.8, 4) is 0 Å². The quantitative estimate of drug-likeness (QED) is 0.668. The van der Waals surface area contributed by atoms with Crippen LogP contribution in [-0.2, 0) is 0 Å². The molecule has 2 nitrogen and oxygen atoms in total. The van der Waals surface area contributed by atoms with Crippen molar-refractivity contribution >= 4 is 0 Å². The lowest BCUT2D eigenvalue weighted by atomic mass is 9.83. The average molecular weight is 268 g/mol. The molecule has 2 heteroatoms. The Labute approximate surface area is 121 Å². The van der Waals surface area contributed by atoms with E-state index in [4.69, 9.17) is 0 Å². The molecular weight excluding hydrogens is 232 g/mol. The van der Waals surface area contributed by atoms with Crippen LogP contribution in [0.2, 0.25) is 0 Å². The van der Waals surface area contributed by atoms with Crippen LogP contribution in [0.25, 0.3) is 0 Å². The van der Waals surface area contributed by atoms with Crippen molar-refractivity contribution in [2.24, 2.45) is 5.92 Å². The first-order valence-corrected chi connectivity index (χ1v) is 8.49. The van der Waals surface area contributed by atoms with E-state index in [-0.39, 0.29) is 0 Å². The summed E-state index contributed by atoms with van der Waals surface area (Å²) in [5, 5.41) is 3.51. The molecule has 1 aliphatic carbocycles. The van der Waals surface area contributed by atoms with Crippen LogP contribution in [0, 0.1) is 5.92 Å². The Hall–Kier alpha value is -0.0800. The Balaban J connectivity index is 2.19. The van der Waals surface area contributed by atoms with Crippen molar-refractivity contribution in [2.75, 3.05) is 13.6 Å². The van der Waals surface area contributed by atoms with Crippen LogP contribution >= 0.6 is 0 Å². The first-order chi connectivity index (χ1) is 9.04. The van der Waals surface area contributed by atoms with Crippen molar-refractivity contribution in [2.45, 2.75) is 90.8 Å². The molecule has 1 N–H and O–H groups in total. The van der Waals surface area contributed by atoms with Gasteiger partial charge < -0.3 is 10.2 Å². The molecule has 0 aliphatic heterocycles. The fraction of sp³-hybridized carbons (Fsp3) is 1.00. The fourth-order valence-electron chi connectivity index (χ4n) is 3.31. The summed E-state index contributed by atoms with van der Waals surface area (Å²) < 4.78 is 0. The van der Waals surface area contributed by atoms with E-state index in [1.807, 2.05) is 0 Å². The Kier molecular flexibility index (Phi) is 8.01. The second-order valence-electron chi connectivity index (χ2n) is 6.85. The van der Waals surface area contributed by atoms with Crippen LogP contribution in [0.15, 0.2) is 0 Å². The van der Waals surface area contributed by atoms with Crippen molar-refractivity contribution in [3.63, 3.8) is 0 Å². The van der Waals surface area contributed by atoms with E-state index >= 15 is 0 Å². The summed E-state index contributed by atoms with van der Waals surface area (Å²) in [6, 6.07) is 2.20. The van der Waals surface area contributed by atoms with Gasteiger partial charge in [-0.25, -0.2) is 0 Å². The van der Waals surface area contributed by atoms with E-state index in [0.29, 0.717) is 6.04 Å². The summed E-state index contributed by atoms with van der Waals surface area (Å²) in [5.41, 5.74) is 0. The molecule has 1 unspecified atom stereocenters. The second-order valence-corrected chi connectivity index (χ2v) is 6.85. The van der Waals surface area contributed by atoms with Gasteiger partial charge in [-0.05, 0) is 65.0 Å². The van der Waals surface area contributed by atoms with Gasteiger partial charge in [0.05, 0.1) is 0 Å². The molecule has 1 rings (SSSR count). The van der Waals surface area contributed by atoms with Gasteiger partial charge in [0.1, 0.15) is 0 Å². The summed E-state index contributed by atoms with van der Waals surface area (Å²) in [4.78, 5) is 2.65. The topological polar surface area (TPSA) is 15.3 Å². The lowest BCUT2D eigenvalue weighted by Crippen LogP contribution is -2.41. The van der Waals surface area contributed by atoms with Crippen LogP contribution in [0.4, 0.5) is 0 Å². The number of hydrogen-bond donors (Lipinski definition) is 1. The van der Waals surface area contributed by atoms with Crippen LogP contribution in [0.1, 0.15) is 72.6 Å². The lowest BCUT2D eigenvalue weighted by molar-refractivity contribution is 0.121. The third-order valence-corrected chi connectivity index (χ3v) is 5.02. The van der Waals surface area contributed by atoms with Gasteiger partial charge in [0.25, 0.3) is 0 Å². The predicted octanol–water partition coefficient (Wildman–Crippen LogP) is 4.05. The third kappa shape index (κ3) is 6.27. The van der Waals surface area contributed by atoms with Crippen LogP contribution in [0.5, 0.6) is 0 Å². The molecule has 0 amide bonds. The molecule has 1 aliphatic rings. The molecule has 19 heavy (non-hydrogen) atoms. The second kappa shape index (κ2) is 8.97. The Morgan fingerprint density at radius 2 is 1.74 bits per heavy atom. The van der Waals surface area contributed by atoms with Crippen molar-refractivity contribution in [1.82, 2.24) is 10.2 Å². The molecule has 1 saturated carbocycles. The zero-order valence-electron chi connectivity index (χ0n) is 13.9. The van der Waals surface area contributed by atoms with Crippen molar-refractivity contribution in [3.05, 3.63) is 0 Å². The smallest absolute Gasteiger partial charge is 0.00952 e. The molecule has 1 fully saturated rings. The maximum atomic E-state index is 3.51. The summed E-state index contributed by atoms with van der Waals surface area (Å²) in [6.45, 7) is 10.4. The molecular formula is C17H36N2. The molecule has 1 atom stereocenters. The summed E-state index contributed by atoms with van der Waals surface area (Å²) in [7, 11) is 2.34. The SMILES string of the molecule is CCC1CCC(N(C)C(C)CCCNC(C)C)CC1. The first-order valence-electron chi connectivity index (χ1n) is 8.49. The molecule has 0 aromatic heterocycles. The van der Waals surface area contributed by atoms with Gasteiger partial charge >= 0.3 is 0 Å². The van der Waals surface area contributed by atoms with Gasteiger partial charge in [-0.2, -0.15) is 0 Å². The van der Waals surface area contributed by atoms with E-state index in [0.717, 1.165) is 18.0 Å². The van der Waals surface area contributed by atoms with Gasteiger partial charge in [-0.15, -0.1) is 0 Å². The highest BCUT2D eigenvalue weighted by Crippen LogP contribution is 2.30. The van der Waals surface area contributed by atoms with Gasteiger partial charge in [0.15, 0.2) is 0 Å². The largest absolute Gasteiger partial charge is 0.315 e. The van der Waals surface area contributed by atoms with Crippen molar-refractivity contribution < 1.29 is 0 Å². The van der Waals surface area contributed by atoms with Gasteiger partial charge in [0, 0.05) is 18.1 Å². The highest BCUT2D eigenvalue weighted by atomic mass is 15.2. The fourth-order valence-corrected chi connectivity index (χ4v) is 3.31. The van der Waals surface area contributed by atoms with E-state index < -0.39 is 0 Å². The molecule has 114 valence electrons. The van der Waals surface area contributed by atoms with E-state index in [2.05, 4.69) is 45.0 Å². The number of rotatable bonds is 8. The third-order valence-electron chi connectivity index (χ3n) is 5.02. The zero-order chi connectivity index (χ0) is 14.3. The molecule has 0 heterocycles. The van der Waals surface area contributed by atoms with Gasteiger partial charge in [0.2, 0.25) is 0 Å². The van der Waals surface area contributed by atoms with E-state index in [1.54, 1.807) is 0 Å². The predicted molar refractivity (Wildman–Crippen MR) is 85.6 cm³/mol. The van der Waals surface area contributed by atoms with Crippen LogP contribution in [-0.4, -0.2) is 36.6 Å². The monoisotopic (exact) mass is 268 g/mol. The lowest BCUT2D eigenvalue weighted by Gasteiger charge is -2.38. The zero-order valence-corrected chi connectivity index (χ0v) is 13.9. The minimum absolute atomic E-state index is 0.623. The van der Waals surface area contributed by atoms with Gasteiger partial charge in [-0.3, -0.25) is 0 Å². The van der Waals surface area contributed by atoms with Crippen molar-refractivity contribution in [1.29, 1.82) is 0 Å². The molecule has 0 radical (unpaired) electrons. The van der Waals surface area contributed by atoms with Gasteiger partial charge in [-0.1, -0.05) is 27.2 Å². The number of nitrogens with zero attached hydrogens (tertiary/aromatic N) is 1. The Bertz CT molecular complexity index is 219. The number of nitrogens with one attached hydrogen (secondary N) is 1. The minimum Gasteiger partial charge on any atom is -0.315 e. The number of hydrogen-bond acceptors (Lipinski definition) is 2. The summed E-state index contributed by atoms with van der Waals surface area (Å²) >= 11 is 0. The highest BCUT2D eigenvalue weighted by Gasteiger charge is 2.25. The maximum absolute atomic E-state index is 3.51.